The molecule has 0 aromatic carbocycles. The van der Waals surface area contributed by atoms with Crippen LogP contribution in [0.3, 0.4) is 0 Å². The third-order valence-electron chi connectivity index (χ3n) is 1.53. The van der Waals surface area contributed by atoms with Crippen LogP contribution in [-0.2, 0) is 17.1 Å². The van der Waals surface area contributed by atoms with E-state index in [4.69, 9.17) is 5.26 Å². The maximum atomic E-state index is 11.2. The number of sulfonamides is 1. The van der Waals surface area contributed by atoms with Crippen LogP contribution in [0.2, 0.25) is 0 Å². The second-order valence-electron chi connectivity index (χ2n) is 2.82. The predicted molar refractivity (Wildman–Crippen MR) is 51.0 cm³/mol. The molecule has 0 radical (unpaired) electrons. The molecule has 1 aromatic heterocycles. The van der Waals surface area contributed by atoms with Gasteiger partial charge in [-0.3, -0.25) is 9.40 Å². The average Bonchev–Trinajstić information content (AvgIpc) is 2.28. The monoisotopic (exact) mass is 214 g/mol. The molecule has 6 nitrogen and oxygen atoms in total. The standard InChI is InChI=1S/C7H10N4O2S/c1-6-7(5-11(2)9-6)10-14(12,13)4-3-8/h5,10H,4H2,1-2H3. The van der Waals surface area contributed by atoms with E-state index in [2.05, 4.69) is 9.82 Å². The largest absolute Gasteiger partial charge is 0.279 e. The van der Waals surface area contributed by atoms with E-state index in [0.717, 1.165) is 0 Å². The van der Waals surface area contributed by atoms with Crippen molar-refractivity contribution in [3.63, 3.8) is 0 Å². The lowest BCUT2D eigenvalue weighted by Gasteiger charge is -2.01. The minimum Gasteiger partial charge on any atom is -0.279 e. The molecule has 14 heavy (non-hydrogen) atoms. The van der Waals surface area contributed by atoms with Crippen molar-refractivity contribution in [2.24, 2.45) is 7.05 Å². The molecule has 0 spiro atoms. The van der Waals surface area contributed by atoms with Gasteiger partial charge >= 0.3 is 0 Å². The highest BCUT2D eigenvalue weighted by atomic mass is 32.2. The van der Waals surface area contributed by atoms with Crippen LogP contribution in [0.15, 0.2) is 6.20 Å². The van der Waals surface area contributed by atoms with Gasteiger partial charge in [-0.1, -0.05) is 0 Å². The quantitative estimate of drug-likeness (QED) is 0.766. The van der Waals surface area contributed by atoms with Crippen LogP contribution < -0.4 is 4.72 Å². The first-order chi connectivity index (χ1) is 6.44. The minimum absolute atomic E-state index is 0.405. The number of hydrogen-bond donors (Lipinski definition) is 1. The second kappa shape index (κ2) is 3.67. The van der Waals surface area contributed by atoms with Gasteiger partial charge in [0.2, 0.25) is 10.0 Å². The van der Waals surface area contributed by atoms with E-state index in [-0.39, 0.29) is 0 Å². The normalized spacial score (nSPS) is 10.9. The van der Waals surface area contributed by atoms with E-state index in [1.807, 2.05) is 0 Å². The molecule has 1 aromatic rings. The predicted octanol–water partition coefficient (Wildman–Crippen LogP) is -0.00620. The van der Waals surface area contributed by atoms with Crippen molar-refractivity contribution in [1.29, 1.82) is 5.26 Å². The molecule has 1 rings (SSSR count). The summed E-state index contributed by atoms with van der Waals surface area (Å²) in [6.45, 7) is 1.68. The number of nitrogens with one attached hydrogen (secondary N) is 1. The molecule has 0 aliphatic carbocycles. The molecule has 0 saturated carbocycles. The summed E-state index contributed by atoms with van der Waals surface area (Å²) in [6, 6.07) is 1.58. The molecule has 0 saturated heterocycles. The van der Waals surface area contributed by atoms with E-state index in [0.29, 0.717) is 11.4 Å². The summed E-state index contributed by atoms with van der Waals surface area (Å²) in [5, 5.41) is 12.2. The van der Waals surface area contributed by atoms with Gasteiger partial charge in [-0.15, -0.1) is 0 Å². The molecule has 0 aliphatic heterocycles. The lowest BCUT2D eigenvalue weighted by atomic mass is 10.4. The third-order valence-corrected chi connectivity index (χ3v) is 2.57. The Bertz CT molecular complexity index is 468. The maximum absolute atomic E-state index is 11.2. The fraction of sp³-hybridized carbons (Fsp3) is 0.429. The highest BCUT2D eigenvalue weighted by molar-refractivity contribution is 7.92. The van der Waals surface area contributed by atoms with E-state index >= 15 is 0 Å². The lowest BCUT2D eigenvalue weighted by Crippen LogP contribution is -2.15. The molecule has 0 fully saturated rings. The minimum atomic E-state index is -3.56. The zero-order valence-electron chi connectivity index (χ0n) is 7.85. The zero-order chi connectivity index (χ0) is 10.8. The van der Waals surface area contributed by atoms with E-state index < -0.39 is 15.8 Å². The van der Waals surface area contributed by atoms with Gasteiger partial charge in [-0.25, -0.2) is 8.42 Å². The smallest absolute Gasteiger partial charge is 0.246 e. The van der Waals surface area contributed by atoms with Crippen molar-refractivity contribution in [3.05, 3.63) is 11.9 Å². The molecular weight excluding hydrogens is 204 g/mol. The van der Waals surface area contributed by atoms with Crippen molar-refractivity contribution in [1.82, 2.24) is 9.78 Å². The molecule has 76 valence electrons. The molecule has 0 bridgehead atoms. The van der Waals surface area contributed by atoms with Crippen molar-refractivity contribution in [3.8, 4) is 6.07 Å². The molecular formula is C7H10N4O2S. The van der Waals surface area contributed by atoms with Crippen molar-refractivity contribution in [2.75, 3.05) is 10.5 Å². The van der Waals surface area contributed by atoms with E-state index in [1.165, 1.54) is 4.68 Å². The number of hydrogen-bond acceptors (Lipinski definition) is 4. The molecule has 7 heteroatoms. The first kappa shape index (κ1) is 10.5. The Morgan fingerprint density at radius 3 is 2.79 bits per heavy atom. The Balaban J connectivity index is 2.90. The average molecular weight is 214 g/mol. The lowest BCUT2D eigenvalue weighted by molar-refractivity contribution is 0.604. The first-order valence-corrected chi connectivity index (χ1v) is 5.47. The Morgan fingerprint density at radius 1 is 1.71 bits per heavy atom. The van der Waals surface area contributed by atoms with Crippen LogP contribution in [0.25, 0.3) is 0 Å². The van der Waals surface area contributed by atoms with Crippen molar-refractivity contribution >= 4 is 15.7 Å². The first-order valence-electron chi connectivity index (χ1n) is 3.82. The number of aryl methyl sites for hydroxylation is 2. The second-order valence-corrected chi connectivity index (χ2v) is 4.54. The van der Waals surface area contributed by atoms with Gasteiger partial charge in [0.05, 0.1) is 17.5 Å². The molecule has 1 heterocycles. The molecule has 0 aliphatic rings. The topological polar surface area (TPSA) is 87.8 Å². The van der Waals surface area contributed by atoms with Crippen LogP contribution in [0.1, 0.15) is 5.69 Å². The summed E-state index contributed by atoms with van der Waals surface area (Å²) >= 11 is 0. The highest BCUT2D eigenvalue weighted by Gasteiger charge is 2.12. The van der Waals surface area contributed by atoms with Gasteiger partial charge in [0.15, 0.2) is 5.75 Å². The van der Waals surface area contributed by atoms with Gasteiger partial charge < -0.3 is 0 Å². The Kier molecular flexibility index (Phi) is 2.76. The summed E-state index contributed by atoms with van der Waals surface area (Å²) in [5.74, 6) is -0.554. The summed E-state index contributed by atoms with van der Waals surface area (Å²) in [4.78, 5) is 0. The number of nitrogens with zero attached hydrogens (tertiary/aromatic N) is 3. The van der Waals surface area contributed by atoms with E-state index in [1.54, 1.807) is 26.2 Å². The summed E-state index contributed by atoms with van der Waals surface area (Å²) in [7, 11) is -1.87. The van der Waals surface area contributed by atoms with Gasteiger partial charge in [0.25, 0.3) is 0 Å². The van der Waals surface area contributed by atoms with Crippen molar-refractivity contribution in [2.45, 2.75) is 6.92 Å². The fourth-order valence-corrected chi connectivity index (χ4v) is 1.77. The van der Waals surface area contributed by atoms with Crippen LogP contribution in [0, 0.1) is 18.3 Å². The number of rotatable bonds is 3. The van der Waals surface area contributed by atoms with Crippen LogP contribution in [-0.4, -0.2) is 24.0 Å². The zero-order valence-corrected chi connectivity index (χ0v) is 8.67. The number of nitriles is 1. The summed E-state index contributed by atoms with van der Waals surface area (Å²) in [6.07, 6.45) is 1.55. The molecule has 0 amide bonds. The Hall–Kier alpha value is -1.55. The van der Waals surface area contributed by atoms with Gasteiger partial charge in [0, 0.05) is 13.2 Å². The molecule has 0 unspecified atom stereocenters. The maximum Gasteiger partial charge on any atom is 0.246 e. The van der Waals surface area contributed by atoms with Crippen molar-refractivity contribution < 1.29 is 8.42 Å². The van der Waals surface area contributed by atoms with Gasteiger partial charge in [-0.2, -0.15) is 10.4 Å². The summed E-state index contributed by atoms with van der Waals surface area (Å²) in [5.41, 5.74) is 0.983. The summed E-state index contributed by atoms with van der Waals surface area (Å²) < 4.78 is 26.2. The van der Waals surface area contributed by atoms with Gasteiger partial charge in [0.1, 0.15) is 0 Å². The third kappa shape index (κ3) is 2.47. The van der Waals surface area contributed by atoms with Gasteiger partial charge in [-0.05, 0) is 6.92 Å². The van der Waals surface area contributed by atoms with Crippen LogP contribution in [0.4, 0.5) is 5.69 Å². The van der Waals surface area contributed by atoms with E-state index in [9.17, 15) is 8.42 Å². The fourth-order valence-electron chi connectivity index (χ4n) is 0.988. The number of anilines is 1. The Labute approximate surface area is 82.2 Å². The van der Waals surface area contributed by atoms with Crippen LogP contribution in [0.5, 0.6) is 0 Å². The molecule has 0 atom stereocenters. The van der Waals surface area contributed by atoms with Crippen LogP contribution >= 0.6 is 0 Å². The highest BCUT2D eigenvalue weighted by Crippen LogP contribution is 2.12. The SMILES string of the molecule is Cc1nn(C)cc1NS(=O)(=O)CC#N. The number of aromatic nitrogens is 2. The Morgan fingerprint density at radius 2 is 2.36 bits per heavy atom. The molecule has 1 N–H and O–H groups in total.